The number of rotatable bonds is 1. The van der Waals surface area contributed by atoms with Crippen LogP contribution in [0.25, 0.3) is 0 Å². The molecule has 0 aromatic rings. The van der Waals surface area contributed by atoms with Crippen LogP contribution in [-0.4, -0.2) is 27.1 Å². The van der Waals surface area contributed by atoms with E-state index in [0.29, 0.717) is 0 Å². The minimum atomic E-state index is -1.15. The normalized spacial score (nSPS) is 39.5. The van der Waals surface area contributed by atoms with E-state index >= 15 is 0 Å². The van der Waals surface area contributed by atoms with Crippen molar-refractivity contribution in [1.29, 1.82) is 0 Å². The van der Waals surface area contributed by atoms with Crippen molar-refractivity contribution >= 4 is 29.0 Å². The molecule has 1 heterocycles. The lowest BCUT2D eigenvalue weighted by Gasteiger charge is -2.41. The zero-order chi connectivity index (χ0) is 8.70. The third-order valence-electron chi connectivity index (χ3n) is 2.92. The van der Waals surface area contributed by atoms with Crippen molar-refractivity contribution in [2.45, 2.75) is 38.7 Å². The van der Waals surface area contributed by atoms with E-state index in [1.54, 1.807) is 0 Å². The number of quaternary nitrogens is 1. The van der Waals surface area contributed by atoms with E-state index < -0.39 is 17.2 Å². The Balaban J connectivity index is 2.81. The summed E-state index contributed by atoms with van der Waals surface area (Å²) in [4.78, 5) is 0. The Hall–Kier alpha value is 0.684. The second kappa shape index (κ2) is 2.87. The molecule has 11 heavy (non-hydrogen) atoms. The molecule has 0 aromatic heterocycles. The molecule has 0 amide bonds. The van der Waals surface area contributed by atoms with Gasteiger partial charge >= 0.3 is 0 Å². The predicted molar refractivity (Wildman–Crippen MR) is 56.8 cm³/mol. The van der Waals surface area contributed by atoms with Gasteiger partial charge in [0, 0.05) is 0 Å². The number of halogens is 1. The third kappa shape index (κ3) is 1.57. The summed E-state index contributed by atoms with van der Waals surface area (Å²) in [5.41, 5.74) is 0. The highest BCUT2D eigenvalue weighted by Crippen LogP contribution is 2.35. The van der Waals surface area contributed by atoms with Crippen LogP contribution in [0.4, 0.5) is 0 Å². The van der Waals surface area contributed by atoms with E-state index in [1.165, 1.54) is 19.0 Å². The monoisotopic (exact) mass is 208 g/mol. The SMILES string of the molecule is C[SiH]1CCC[N+]1(Cl)[Si](C)(C)C. The van der Waals surface area contributed by atoms with Crippen LogP contribution in [0.15, 0.2) is 0 Å². The highest BCUT2D eigenvalue weighted by molar-refractivity contribution is 6.80. The Morgan fingerprint density at radius 1 is 1.36 bits per heavy atom. The Morgan fingerprint density at radius 2 is 1.91 bits per heavy atom. The molecule has 1 rings (SSSR count). The first kappa shape index (κ1) is 9.77. The first-order valence-corrected chi connectivity index (χ1v) is 10.7. The van der Waals surface area contributed by atoms with Gasteiger partial charge in [-0.05, 0) is 38.7 Å². The minimum absolute atomic E-state index is 0.640. The van der Waals surface area contributed by atoms with Gasteiger partial charge in [0.2, 0.25) is 0 Å². The molecule has 0 aromatic carbocycles. The van der Waals surface area contributed by atoms with Crippen molar-refractivity contribution in [3.05, 3.63) is 0 Å². The van der Waals surface area contributed by atoms with E-state index in [-0.39, 0.29) is 0 Å². The molecule has 2 unspecified atom stereocenters. The lowest BCUT2D eigenvalue weighted by atomic mass is 10.5. The molecule has 0 radical (unpaired) electrons. The largest absolute Gasteiger partial charge is 0.342 e. The maximum absolute atomic E-state index is 6.66. The number of hydrogen-bond donors (Lipinski definition) is 0. The second-order valence-corrected chi connectivity index (χ2v) is 14.7. The van der Waals surface area contributed by atoms with E-state index in [4.69, 9.17) is 11.8 Å². The van der Waals surface area contributed by atoms with Gasteiger partial charge in [0.15, 0.2) is 0 Å². The molecule has 66 valence electrons. The lowest BCUT2D eigenvalue weighted by Crippen LogP contribution is -2.60. The van der Waals surface area contributed by atoms with Gasteiger partial charge < -0.3 is 3.33 Å². The van der Waals surface area contributed by atoms with Crippen LogP contribution in [0.1, 0.15) is 6.42 Å². The fourth-order valence-electron chi connectivity index (χ4n) is 2.04. The summed E-state index contributed by atoms with van der Waals surface area (Å²) in [5.74, 6) is 0. The van der Waals surface area contributed by atoms with Gasteiger partial charge in [-0.15, -0.1) is 0 Å². The van der Waals surface area contributed by atoms with E-state index in [9.17, 15) is 0 Å². The molecule has 0 spiro atoms. The standard InChI is InChI=1S/C7H19ClNSi2/c1-10-7-5-6-9(10,8)11(2,3)4/h10H,5-7H2,1-4H3/q+1. The van der Waals surface area contributed by atoms with Crippen LogP contribution in [0.5, 0.6) is 0 Å². The first-order chi connectivity index (χ1) is 4.88. The van der Waals surface area contributed by atoms with Gasteiger partial charge in [-0.3, -0.25) is 0 Å². The van der Waals surface area contributed by atoms with Gasteiger partial charge in [-0.2, -0.15) is 0 Å². The Kier molecular flexibility index (Phi) is 2.55. The predicted octanol–water partition coefficient (Wildman–Crippen LogP) is 2.55. The van der Waals surface area contributed by atoms with Crippen molar-refractivity contribution < 1.29 is 3.33 Å². The van der Waals surface area contributed by atoms with E-state index in [0.717, 1.165) is 3.33 Å². The summed E-state index contributed by atoms with van der Waals surface area (Å²) in [6, 6.07) is 1.45. The van der Waals surface area contributed by atoms with Crippen LogP contribution in [0.2, 0.25) is 32.2 Å². The molecule has 2 atom stereocenters. The summed E-state index contributed by atoms with van der Waals surface area (Å²) in [7, 11) is -1.79. The van der Waals surface area contributed by atoms with Crippen molar-refractivity contribution in [2.75, 3.05) is 6.54 Å². The van der Waals surface area contributed by atoms with Gasteiger partial charge in [0.05, 0.1) is 6.54 Å². The zero-order valence-electron chi connectivity index (χ0n) is 8.02. The molecule has 4 heteroatoms. The number of nitrogens with zero attached hydrogens (tertiary/aromatic N) is 1. The minimum Gasteiger partial charge on any atom is -0.342 e. The summed E-state index contributed by atoms with van der Waals surface area (Å²) >= 11 is 6.66. The van der Waals surface area contributed by atoms with Crippen LogP contribution in [0.3, 0.4) is 0 Å². The molecule has 0 N–H and O–H groups in total. The summed E-state index contributed by atoms with van der Waals surface area (Å²) < 4.78 is 1.01. The molecule has 0 saturated carbocycles. The lowest BCUT2D eigenvalue weighted by molar-refractivity contribution is -0.579. The molecule has 1 saturated heterocycles. The summed E-state index contributed by atoms with van der Waals surface area (Å²) in [6.45, 7) is 10.9. The molecule has 1 aliphatic heterocycles. The van der Waals surface area contributed by atoms with Crippen molar-refractivity contribution in [2.24, 2.45) is 0 Å². The van der Waals surface area contributed by atoms with Crippen LogP contribution >= 0.6 is 11.8 Å². The fraction of sp³-hybridized carbons (Fsp3) is 1.00. The van der Waals surface area contributed by atoms with Gasteiger partial charge in [0.25, 0.3) is 17.2 Å². The van der Waals surface area contributed by atoms with Gasteiger partial charge in [-0.1, -0.05) is 0 Å². The molecule has 0 bridgehead atoms. The first-order valence-electron chi connectivity index (χ1n) is 4.45. The summed E-state index contributed by atoms with van der Waals surface area (Å²) in [6.07, 6.45) is 1.38. The third-order valence-corrected chi connectivity index (χ3v) is 14.6. The average molecular weight is 209 g/mol. The average Bonchev–Trinajstić information content (AvgIpc) is 2.12. The maximum Gasteiger partial charge on any atom is 0.276 e. The Morgan fingerprint density at radius 3 is 2.09 bits per heavy atom. The quantitative estimate of drug-likeness (QED) is 0.459. The topological polar surface area (TPSA) is 0 Å². The highest BCUT2D eigenvalue weighted by atomic mass is 35.5. The van der Waals surface area contributed by atoms with Crippen molar-refractivity contribution in [3.8, 4) is 0 Å². The zero-order valence-corrected chi connectivity index (χ0v) is 10.9. The molecular formula is C7H19ClNSi2+. The molecule has 1 aliphatic rings. The van der Waals surface area contributed by atoms with Gasteiger partial charge in [-0.25, -0.2) is 0 Å². The van der Waals surface area contributed by atoms with Crippen molar-refractivity contribution in [1.82, 2.24) is 0 Å². The summed E-state index contributed by atoms with van der Waals surface area (Å²) in [5, 5.41) is 0. The second-order valence-electron chi connectivity index (χ2n) is 4.66. The Bertz CT molecular complexity index is 157. The van der Waals surface area contributed by atoms with Crippen LogP contribution in [0, 0.1) is 0 Å². The molecular weight excluding hydrogens is 190 g/mol. The van der Waals surface area contributed by atoms with Gasteiger partial charge in [0.1, 0.15) is 11.8 Å². The molecule has 0 aliphatic carbocycles. The Labute approximate surface area is 77.8 Å². The van der Waals surface area contributed by atoms with E-state index in [2.05, 4.69) is 26.2 Å². The molecule has 1 fully saturated rings. The van der Waals surface area contributed by atoms with E-state index in [1.807, 2.05) is 0 Å². The fourth-order valence-corrected chi connectivity index (χ4v) is 10.8. The van der Waals surface area contributed by atoms with Crippen molar-refractivity contribution in [3.63, 3.8) is 0 Å². The van der Waals surface area contributed by atoms with Crippen LogP contribution < -0.4 is 0 Å². The maximum atomic E-state index is 6.66. The highest BCUT2D eigenvalue weighted by Gasteiger charge is 2.49. The molecule has 1 nitrogen and oxygen atoms in total. The van der Waals surface area contributed by atoms with Crippen LogP contribution in [-0.2, 0) is 0 Å². The smallest absolute Gasteiger partial charge is 0.276 e. The number of hydrogen-bond acceptors (Lipinski definition) is 0.